The summed E-state index contributed by atoms with van der Waals surface area (Å²) in [6.45, 7) is 3.03. The van der Waals surface area contributed by atoms with Gasteiger partial charge >= 0.3 is 0 Å². The third-order valence-corrected chi connectivity index (χ3v) is 2.03. The third-order valence-electron chi connectivity index (χ3n) is 2.03. The first kappa shape index (κ1) is 10.9. The molecule has 0 fully saturated rings. The Hall–Kier alpha value is -0.120. The lowest BCUT2D eigenvalue weighted by atomic mass is 10.1. The Bertz CT molecular complexity index is 88.2. The summed E-state index contributed by atoms with van der Waals surface area (Å²) in [6.07, 6.45) is 2.24. The molecule has 0 spiro atoms. The normalized spacial score (nSPS) is 13.9. The number of hydrogen-bond acceptors (Lipinski definition) is 3. The Labute approximate surface area is 69.7 Å². The van der Waals surface area contributed by atoms with Crippen LogP contribution in [0.25, 0.3) is 0 Å². The van der Waals surface area contributed by atoms with Crippen molar-refractivity contribution >= 4 is 0 Å². The van der Waals surface area contributed by atoms with Gasteiger partial charge in [-0.2, -0.15) is 0 Å². The fourth-order valence-electron chi connectivity index (χ4n) is 1.11. The Morgan fingerprint density at radius 2 is 2.18 bits per heavy atom. The van der Waals surface area contributed by atoms with Crippen LogP contribution >= 0.6 is 0 Å². The summed E-state index contributed by atoms with van der Waals surface area (Å²) in [6, 6.07) is 0.583. The molecule has 0 rings (SSSR count). The summed E-state index contributed by atoms with van der Waals surface area (Å²) in [7, 11) is 5.74. The van der Waals surface area contributed by atoms with E-state index in [-0.39, 0.29) is 0 Å². The minimum atomic E-state index is 0.583. The van der Waals surface area contributed by atoms with Crippen molar-refractivity contribution in [1.82, 2.24) is 10.4 Å². The molecule has 0 radical (unpaired) electrons. The first-order chi connectivity index (χ1) is 5.26. The van der Waals surface area contributed by atoms with Gasteiger partial charge in [-0.05, 0) is 19.9 Å². The number of hydrazine groups is 1. The quantitative estimate of drug-likeness (QED) is 0.583. The smallest absolute Gasteiger partial charge is 0.0477 e. The monoisotopic (exact) mass is 160 g/mol. The van der Waals surface area contributed by atoms with Crippen molar-refractivity contribution in [2.24, 2.45) is 0 Å². The first-order valence-electron chi connectivity index (χ1n) is 4.15. The molecule has 0 aromatic heterocycles. The molecule has 0 aromatic rings. The Morgan fingerprint density at radius 1 is 1.55 bits per heavy atom. The average molecular weight is 160 g/mol. The van der Waals surface area contributed by atoms with E-state index in [4.69, 9.17) is 4.74 Å². The van der Waals surface area contributed by atoms with Crippen LogP contribution in [0.1, 0.15) is 19.8 Å². The topological polar surface area (TPSA) is 24.5 Å². The van der Waals surface area contributed by atoms with Crippen molar-refractivity contribution in [2.75, 3.05) is 27.8 Å². The van der Waals surface area contributed by atoms with Gasteiger partial charge in [0, 0.05) is 26.8 Å². The molecule has 0 aliphatic rings. The van der Waals surface area contributed by atoms with Crippen LogP contribution in [0.3, 0.4) is 0 Å². The minimum absolute atomic E-state index is 0.583. The summed E-state index contributed by atoms with van der Waals surface area (Å²) in [4.78, 5) is 0. The van der Waals surface area contributed by atoms with Gasteiger partial charge in [-0.15, -0.1) is 0 Å². The SMILES string of the molecule is CCC(CCOC)N(C)NC. The highest BCUT2D eigenvalue weighted by atomic mass is 16.5. The molecule has 1 unspecified atom stereocenters. The third kappa shape index (κ3) is 4.35. The number of methoxy groups -OCH3 is 1. The van der Waals surface area contributed by atoms with Crippen LogP contribution in [0.5, 0.6) is 0 Å². The maximum atomic E-state index is 5.01. The zero-order valence-corrected chi connectivity index (χ0v) is 8.05. The molecular formula is C8H20N2O. The van der Waals surface area contributed by atoms with Crippen molar-refractivity contribution < 1.29 is 4.74 Å². The molecule has 0 saturated heterocycles. The van der Waals surface area contributed by atoms with E-state index in [2.05, 4.69) is 24.4 Å². The van der Waals surface area contributed by atoms with Gasteiger partial charge in [0.25, 0.3) is 0 Å². The molecule has 0 saturated carbocycles. The van der Waals surface area contributed by atoms with E-state index >= 15 is 0 Å². The maximum absolute atomic E-state index is 5.01. The molecule has 0 amide bonds. The van der Waals surface area contributed by atoms with Crippen LogP contribution in [0.15, 0.2) is 0 Å². The van der Waals surface area contributed by atoms with E-state index in [9.17, 15) is 0 Å². The molecule has 1 N–H and O–H groups in total. The molecule has 0 bridgehead atoms. The number of hydrogen-bond donors (Lipinski definition) is 1. The van der Waals surface area contributed by atoms with Crippen LogP contribution in [-0.4, -0.2) is 38.9 Å². The first-order valence-corrected chi connectivity index (χ1v) is 4.15. The van der Waals surface area contributed by atoms with Crippen molar-refractivity contribution in [2.45, 2.75) is 25.8 Å². The van der Waals surface area contributed by atoms with Crippen molar-refractivity contribution in [1.29, 1.82) is 0 Å². The van der Waals surface area contributed by atoms with Crippen LogP contribution < -0.4 is 5.43 Å². The number of ether oxygens (including phenoxy) is 1. The summed E-state index contributed by atoms with van der Waals surface area (Å²) in [5.74, 6) is 0. The van der Waals surface area contributed by atoms with Crippen LogP contribution in [0.4, 0.5) is 0 Å². The van der Waals surface area contributed by atoms with Gasteiger partial charge in [0.2, 0.25) is 0 Å². The second kappa shape index (κ2) is 6.58. The molecule has 0 aromatic carbocycles. The summed E-state index contributed by atoms with van der Waals surface area (Å²) < 4.78 is 5.01. The van der Waals surface area contributed by atoms with Gasteiger partial charge in [0.05, 0.1) is 0 Å². The van der Waals surface area contributed by atoms with E-state index in [1.165, 1.54) is 0 Å². The van der Waals surface area contributed by atoms with Gasteiger partial charge in [0.15, 0.2) is 0 Å². The molecule has 0 heterocycles. The fourth-order valence-corrected chi connectivity index (χ4v) is 1.11. The van der Waals surface area contributed by atoms with Gasteiger partial charge in [-0.25, -0.2) is 5.01 Å². The Balaban J connectivity index is 3.56. The number of rotatable bonds is 6. The maximum Gasteiger partial charge on any atom is 0.0477 e. The Kier molecular flexibility index (Phi) is 6.51. The molecule has 0 aliphatic carbocycles. The fraction of sp³-hybridized carbons (Fsp3) is 1.00. The van der Waals surface area contributed by atoms with Crippen LogP contribution in [0, 0.1) is 0 Å². The molecule has 1 atom stereocenters. The summed E-state index contributed by atoms with van der Waals surface area (Å²) in [5.41, 5.74) is 3.10. The predicted molar refractivity (Wildman–Crippen MR) is 47.4 cm³/mol. The van der Waals surface area contributed by atoms with Gasteiger partial charge in [0.1, 0.15) is 0 Å². The van der Waals surface area contributed by atoms with Crippen LogP contribution in [0.2, 0.25) is 0 Å². The van der Waals surface area contributed by atoms with Crippen molar-refractivity contribution in [3.63, 3.8) is 0 Å². The van der Waals surface area contributed by atoms with Gasteiger partial charge < -0.3 is 4.74 Å². The van der Waals surface area contributed by atoms with E-state index in [1.807, 2.05) is 7.05 Å². The summed E-state index contributed by atoms with van der Waals surface area (Å²) in [5, 5.41) is 2.12. The minimum Gasteiger partial charge on any atom is -0.385 e. The molecule has 68 valence electrons. The van der Waals surface area contributed by atoms with Gasteiger partial charge in [-0.1, -0.05) is 6.92 Å². The Morgan fingerprint density at radius 3 is 2.55 bits per heavy atom. The second-order valence-electron chi connectivity index (χ2n) is 2.68. The zero-order valence-electron chi connectivity index (χ0n) is 8.05. The van der Waals surface area contributed by atoms with Crippen molar-refractivity contribution in [3.8, 4) is 0 Å². The lowest BCUT2D eigenvalue weighted by molar-refractivity contribution is 0.119. The average Bonchev–Trinajstić information content (AvgIpc) is 2.05. The van der Waals surface area contributed by atoms with E-state index in [0.29, 0.717) is 6.04 Å². The summed E-state index contributed by atoms with van der Waals surface area (Å²) >= 11 is 0. The molecule has 11 heavy (non-hydrogen) atoms. The number of nitrogens with one attached hydrogen (secondary N) is 1. The zero-order chi connectivity index (χ0) is 8.69. The highest BCUT2D eigenvalue weighted by Crippen LogP contribution is 2.03. The predicted octanol–water partition coefficient (Wildman–Crippen LogP) is 0.868. The highest BCUT2D eigenvalue weighted by Gasteiger charge is 2.09. The van der Waals surface area contributed by atoms with E-state index in [1.54, 1.807) is 7.11 Å². The highest BCUT2D eigenvalue weighted by molar-refractivity contribution is 4.62. The standard InChI is InChI=1S/C8H20N2O/c1-5-8(6-7-11-4)10(3)9-2/h8-9H,5-7H2,1-4H3. The molecule has 0 aliphatic heterocycles. The lowest BCUT2D eigenvalue weighted by Gasteiger charge is -2.25. The van der Waals surface area contributed by atoms with E-state index < -0.39 is 0 Å². The molecule has 3 heteroatoms. The van der Waals surface area contributed by atoms with E-state index in [0.717, 1.165) is 19.4 Å². The number of nitrogens with zero attached hydrogens (tertiary/aromatic N) is 1. The molecular weight excluding hydrogens is 140 g/mol. The molecule has 3 nitrogen and oxygen atoms in total. The van der Waals surface area contributed by atoms with Crippen molar-refractivity contribution in [3.05, 3.63) is 0 Å². The second-order valence-corrected chi connectivity index (χ2v) is 2.68. The lowest BCUT2D eigenvalue weighted by Crippen LogP contribution is -2.40. The van der Waals surface area contributed by atoms with Gasteiger partial charge in [-0.3, -0.25) is 5.43 Å². The van der Waals surface area contributed by atoms with Crippen LogP contribution in [-0.2, 0) is 4.74 Å². The largest absolute Gasteiger partial charge is 0.385 e.